The Labute approximate surface area is 274 Å². The third-order valence-electron chi connectivity index (χ3n) is 9.66. The molecule has 4 N–H and O–H groups in total. The summed E-state index contributed by atoms with van der Waals surface area (Å²) >= 11 is 0. The van der Waals surface area contributed by atoms with Crippen LogP contribution in [0.2, 0.25) is 0 Å². The van der Waals surface area contributed by atoms with Crippen LogP contribution in [0.25, 0.3) is 87.6 Å². The highest BCUT2D eigenvalue weighted by atomic mass is 16.3. The molecule has 0 aliphatic heterocycles. The normalized spacial score (nSPS) is 11.8. The van der Waals surface area contributed by atoms with Crippen molar-refractivity contribution in [3.8, 4) is 56.4 Å². The van der Waals surface area contributed by atoms with Crippen LogP contribution in [0.5, 0.6) is 23.0 Å². The quantitative estimate of drug-likeness (QED) is 0.0891. The maximum absolute atomic E-state index is 11.2. The molecule has 0 spiro atoms. The Hall–Kier alpha value is -6.46. The topological polar surface area (TPSA) is 94.1 Å². The first kappa shape index (κ1) is 27.8. The van der Waals surface area contributed by atoms with Gasteiger partial charge in [-0.2, -0.15) is 0 Å². The zero-order valence-corrected chi connectivity index (χ0v) is 25.8. The van der Waals surface area contributed by atoms with Gasteiger partial charge in [0.2, 0.25) is 11.5 Å². The average Bonchev–Trinajstić information content (AvgIpc) is 3.50. The molecular weight excluding hydrogens is 596 g/mol. The molecule has 0 saturated heterocycles. The number of hydrogen-bond acceptors (Lipinski definition) is 5. The van der Waals surface area contributed by atoms with E-state index in [9.17, 15) is 20.4 Å². The molecular formula is C43H28O5. The molecule has 5 nitrogen and oxygen atoms in total. The summed E-state index contributed by atoms with van der Waals surface area (Å²) in [6, 6.07) is 43.3. The fourth-order valence-corrected chi connectivity index (χ4v) is 7.42. The van der Waals surface area contributed by atoms with Gasteiger partial charge >= 0.3 is 0 Å². The Kier molecular flexibility index (Phi) is 5.95. The van der Waals surface area contributed by atoms with E-state index in [4.69, 9.17) is 4.42 Å². The minimum absolute atomic E-state index is 0.265. The number of rotatable bonds is 3. The smallest absolute Gasteiger partial charge is 0.204 e. The second-order valence-corrected chi connectivity index (χ2v) is 12.3. The molecule has 0 fully saturated rings. The van der Waals surface area contributed by atoms with Crippen LogP contribution in [0, 0.1) is 6.92 Å². The average molecular weight is 625 g/mol. The first-order valence-electron chi connectivity index (χ1n) is 15.8. The highest BCUT2D eigenvalue weighted by Crippen LogP contribution is 2.54. The van der Waals surface area contributed by atoms with Crippen molar-refractivity contribution in [3.05, 3.63) is 133 Å². The van der Waals surface area contributed by atoms with Crippen molar-refractivity contribution >= 4 is 54.3 Å². The number of benzene rings is 8. The molecule has 5 heteroatoms. The monoisotopic (exact) mass is 624 g/mol. The third-order valence-corrected chi connectivity index (χ3v) is 9.66. The molecule has 8 aromatic carbocycles. The van der Waals surface area contributed by atoms with Gasteiger partial charge in [0.1, 0.15) is 11.2 Å². The van der Waals surface area contributed by atoms with Gasteiger partial charge in [0.25, 0.3) is 0 Å². The predicted molar refractivity (Wildman–Crippen MR) is 194 cm³/mol. The lowest BCUT2D eigenvalue weighted by molar-refractivity contribution is 0.345. The number of aromatic hydroxyl groups is 4. The summed E-state index contributed by atoms with van der Waals surface area (Å²) in [5, 5.41) is 50.8. The highest BCUT2D eigenvalue weighted by Gasteiger charge is 2.26. The molecule has 0 atom stereocenters. The van der Waals surface area contributed by atoms with Gasteiger partial charge in [-0.3, -0.25) is 0 Å². The van der Waals surface area contributed by atoms with Crippen LogP contribution in [-0.2, 0) is 0 Å². The first-order chi connectivity index (χ1) is 23.4. The number of para-hydroxylation sites is 1. The van der Waals surface area contributed by atoms with Crippen LogP contribution in [0.1, 0.15) is 5.56 Å². The van der Waals surface area contributed by atoms with Crippen LogP contribution in [0.15, 0.2) is 132 Å². The molecule has 0 radical (unpaired) electrons. The van der Waals surface area contributed by atoms with Gasteiger partial charge in [0.05, 0.1) is 0 Å². The van der Waals surface area contributed by atoms with Crippen molar-refractivity contribution < 1.29 is 24.8 Å². The first-order valence-corrected chi connectivity index (χ1v) is 15.8. The van der Waals surface area contributed by atoms with E-state index in [2.05, 4.69) is 66.7 Å². The van der Waals surface area contributed by atoms with E-state index in [1.54, 1.807) is 6.92 Å². The minimum atomic E-state index is -0.758. The van der Waals surface area contributed by atoms with Crippen LogP contribution in [0.4, 0.5) is 0 Å². The SMILES string of the molecule is Cc1c(O)c(O)c(O)c(O)c1-c1c2ccccc2c(-c2cc(-c3ccc4oc5ccccc5c4c3)c3ccccc3c2)c2ccccc12. The zero-order valence-electron chi connectivity index (χ0n) is 25.8. The van der Waals surface area contributed by atoms with Crippen LogP contribution in [-0.4, -0.2) is 20.4 Å². The van der Waals surface area contributed by atoms with Crippen LogP contribution in [0.3, 0.4) is 0 Å². The van der Waals surface area contributed by atoms with Gasteiger partial charge in [-0.25, -0.2) is 0 Å². The van der Waals surface area contributed by atoms with E-state index >= 15 is 0 Å². The lowest BCUT2D eigenvalue weighted by Crippen LogP contribution is -1.94. The molecule has 230 valence electrons. The second kappa shape index (κ2) is 10.3. The molecule has 0 unspecified atom stereocenters. The summed E-state index contributed by atoms with van der Waals surface area (Å²) in [6.07, 6.45) is 0. The standard InChI is InChI=1S/C43H28O5/c1-23-37(41(45)43(47)42(46)40(23)44)39-31-15-6-4-13-29(31)38(30-14-5-7-16-32(30)39)26-20-24-10-2-3-11-27(24)33(22-26)25-18-19-36-34(21-25)28-12-8-9-17-35(28)48-36/h2-22,44-47H,1H3. The summed E-state index contributed by atoms with van der Waals surface area (Å²) < 4.78 is 6.14. The van der Waals surface area contributed by atoms with E-state index in [0.717, 1.165) is 76.5 Å². The second-order valence-electron chi connectivity index (χ2n) is 12.3. The van der Waals surface area contributed by atoms with Crippen molar-refractivity contribution in [2.45, 2.75) is 6.92 Å². The molecule has 0 aliphatic rings. The van der Waals surface area contributed by atoms with Gasteiger partial charge in [-0.15, -0.1) is 0 Å². The number of phenols is 4. The van der Waals surface area contributed by atoms with E-state index in [0.29, 0.717) is 5.56 Å². The summed E-state index contributed by atoms with van der Waals surface area (Å²) in [4.78, 5) is 0. The maximum Gasteiger partial charge on any atom is 0.204 e. The van der Waals surface area contributed by atoms with Gasteiger partial charge in [0, 0.05) is 27.5 Å². The molecule has 1 aromatic heterocycles. The summed E-state index contributed by atoms with van der Waals surface area (Å²) in [6.45, 7) is 1.62. The maximum atomic E-state index is 11.2. The summed E-state index contributed by atoms with van der Waals surface area (Å²) in [5.41, 5.74) is 7.11. The Morgan fingerprint density at radius 3 is 1.62 bits per heavy atom. The third kappa shape index (κ3) is 3.91. The van der Waals surface area contributed by atoms with Crippen molar-refractivity contribution in [2.75, 3.05) is 0 Å². The van der Waals surface area contributed by atoms with Gasteiger partial charge in [0.15, 0.2) is 11.5 Å². The highest BCUT2D eigenvalue weighted by molar-refractivity contribution is 6.23. The fraction of sp³-hybridized carbons (Fsp3) is 0.0233. The van der Waals surface area contributed by atoms with Gasteiger partial charge in [-0.05, 0) is 91.8 Å². The summed E-state index contributed by atoms with van der Waals surface area (Å²) in [5.74, 6) is -2.46. The van der Waals surface area contributed by atoms with E-state index < -0.39 is 23.0 Å². The van der Waals surface area contributed by atoms with Crippen molar-refractivity contribution in [1.82, 2.24) is 0 Å². The van der Waals surface area contributed by atoms with Gasteiger partial charge < -0.3 is 24.8 Å². The number of furan rings is 1. The Bertz CT molecular complexity index is 2700. The molecule has 48 heavy (non-hydrogen) atoms. The van der Waals surface area contributed by atoms with E-state index in [-0.39, 0.29) is 11.1 Å². The molecule has 0 amide bonds. The zero-order chi connectivity index (χ0) is 32.7. The molecule has 0 bridgehead atoms. The minimum Gasteiger partial charge on any atom is -0.504 e. The predicted octanol–water partition coefficient (Wildman–Crippen LogP) is 11.2. The van der Waals surface area contributed by atoms with Crippen LogP contribution < -0.4 is 0 Å². The van der Waals surface area contributed by atoms with Crippen molar-refractivity contribution in [1.29, 1.82) is 0 Å². The summed E-state index contributed by atoms with van der Waals surface area (Å²) in [7, 11) is 0. The van der Waals surface area contributed by atoms with Crippen molar-refractivity contribution in [3.63, 3.8) is 0 Å². The fourth-order valence-electron chi connectivity index (χ4n) is 7.42. The molecule has 0 aliphatic carbocycles. The number of fused-ring (bicyclic) bond motifs is 6. The lowest BCUT2D eigenvalue weighted by atomic mass is 9.83. The lowest BCUT2D eigenvalue weighted by Gasteiger charge is -2.21. The molecule has 9 aromatic rings. The Morgan fingerprint density at radius 1 is 0.396 bits per heavy atom. The Balaban J connectivity index is 1.38. The van der Waals surface area contributed by atoms with E-state index in [1.165, 1.54) is 0 Å². The molecule has 9 rings (SSSR count). The molecule has 0 saturated carbocycles. The van der Waals surface area contributed by atoms with Gasteiger partial charge in [-0.1, -0.05) is 97.1 Å². The largest absolute Gasteiger partial charge is 0.504 e. The number of phenolic OH excluding ortho intramolecular Hbond substituents is 4. The number of hydrogen-bond donors (Lipinski definition) is 4. The van der Waals surface area contributed by atoms with E-state index in [1.807, 2.05) is 60.7 Å². The van der Waals surface area contributed by atoms with Crippen LogP contribution >= 0.6 is 0 Å². The van der Waals surface area contributed by atoms with Crippen molar-refractivity contribution in [2.24, 2.45) is 0 Å². The molecule has 1 heterocycles. The Morgan fingerprint density at radius 2 is 0.938 bits per heavy atom.